The molecule has 0 saturated carbocycles. The maximum atomic E-state index is 13.6. The number of para-hydroxylation sites is 2. The molecule has 0 amide bonds. The highest BCUT2D eigenvalue weighted by Gasteiger charge is 2.44. The Morgan fingerprint density at radius 3 is 2.65 bits per heavy atom. The number of esters is 1. The van der Waals surface area contributed by atoms with Crippen molar-refractivity contribution in [3.05, 3.63) is 59.3 Å². The van der Waals surface area contributed by atoms with E-state index in [2.05, 4.69) is 10.6 Å². The summed E-state index contributed by atoms with van der Waals surface area (Å²) in [7, 11) is 1.30. The molecule has 3 N–H and O–H groups in total. The summed E-state index contributed by atoms with van der Waals surface area (Å²) in [5.74, 6) is -1.47. The van der Waals surface area contributed by atoms with E-state index in [0.29, 0.717) is 24.4 Å². The molecule has 4 rings (SSSR count). The second kappa shape index (κ2) is 8.34. The van der Waals surface area contributed by atoms with Crippen molar-refractivity contribution >= 4 is 23.1 Å². The molecule has 7 heteroatoms. The third-order valence-electron chi connectivity index (χ3n) is 5.84. The molecule has 0 unspecified atom stereocenters. The number of nitrogens with one attached hydrogen (secondary N) is 2. The molecule has 0 aromatic heterocycles. The van der Waals surface area contributed by atoms with E-state index in [-0.39, 0.29) is 17.5 Å². The highest BCUT2D eigenvalue weighted by Crippen LogP contribution is 2.44. The highest BCUT2D eigenvalue weighted by atomic mass is 16.5. The van der Waals surface area contributed by atoms with Gasteiger partial charge in [0.1, 0.15) is 5.92 Å². The Morgan fingerprint density at radius 2 is 1.94 bits per heavy atom. The van der Waals surface area contributed by atoms with Gasteiger partial charge in [0.25, 0.3) is 0 Å². The van der Waals surface area contributed by atoms with Gasteiger partial charge in [-0.3, -0.25) is 9.59 Å². The number of ether oxygens (including phenoxy) is 2. The summed E-state index contributed by atoms with van der Waals surface area (Å²) in [5.41, 5.74) is 3.73. The van der Waals surface area contributed by atoms with Crippen molar-refractivity contribution in [3.8, 4) is 11.5 Å². The number of anilines is 2. The molecule has 162 valence electrons. The molecule has 3 atom stereocenters. The first-order chi connectivity index (χ1) is 14.9. The summed E-state index contributed by atoms with van der Waals surface area (Å²) < 4.78 is 10.5. The van der Waals surface area contributed by atoms with Gasteiger partial charge in [0.05, 0.1) is 31.1 Å². The fraction of sp³-hybridized carbons (Fsp3) is 0.333. The average molecular weight is 422 g/mol. The standard InChI is InChI=1S/C24H26N2O5/c1-4-31-19-12-14(9-10-18(19)27)22-21-17(25-15-7-5-6-8-16(15)26-22)11-13(2)20(23(21)28)24(29)30-3/h5-10,12-13,20,22,25-27H,4,11H2,1-3H3/t13-,20-,22-/m0/s1. The molecule has 31 heavy (non-hydrogen) atoms. The number of aromatic hydroxyl groups is 1. The van der Waals surface area contributed by atoms with Crippen molar-refractivity contribution in [1.29, 1.82) is 0 Å². The Bertz CT molecular complexity index is 1060. The number of allylic oxidation sites excluding steroid dienone is 1. The normalized spacial score (nSPS) is 22.4. The number of fused-ring (bicyclic) bond motifs is 1. The van der Waals surface area contributed by atoms with Crippen molar-refractivity contribution in [2.24, 2.45) is 11.8 Å². The number of Topliss-reactive ketones (excluding diaryl/α,β-unsaturated/α-hetero) is 1. The van der Waals surface area contributed by atoms with Crippen LogP contribution in [0.15, 0.2) is 53.7 Å². The third kappa shape index (κ3) is 3.71. The van der Waals surface area contributed by atoms with Gasteiger partial charge in [0.2, 0.25) is 0 Å². The zero-order valence-corrected chi connectivity index (χ0v) is 17.8. The first-order valence-electron chi connectivity index (χ1n) is 10.4. The molecule has 2 aliphatic rings. The second-order valence-electron chi connectivity index (χ2n) is 7.85. The van der Waals surface area contributed by atoms with Crippen molar-refractivity contribution in [2.75, 3.05) is 24.4 Å². The Balaban J connectivity index is 1.87. The van der Waals surface area contributed by atoms with E-state index in [1.165, 1.54) is 7.11 Å². The van der Waals surface area contributed by atoms with Crippen LogP contribution in [0.2, 0.25) is 0 Å². The summed E-state index contributed by atoms with van der Waals surface area (Å²) in [6, 6.07) is 12.2. The summed E-state index contributed by atoms with van der Waals surface area (Å²) in [6.07, 6.45) is 0.532. The number of phenolic OH excluding ortho intramolecular Hbond substituents is 1. The van der Waals surface area contributed by atoms with Crippen LogP contribution in [0, 0.1) is 11.8 Å². The summed E-state index contributed by atoms with van der Waals surface area (Å²) in [6.45, 7) is 4.12. The molecular weight excluding hydrogens is 396 g/mol. The van der Waals surface area contributed by atoms with Gasteiger partial charge in [-0.25, -0.2) is 0 Å². The van der Waals surface area contributed by atoms with Crippen molar-refractivity contribution in [3.63, 3.8) is 0 Å². The van der Waals surface area contributed by atoms with Crippen molar-refractivity contribution < 1.29 is 24.2 Å². The van der Waals surface area contributed by atoms with Crippen LogP contribution < -0.4 is 15.4 Å². The van der Waals surface area contributed by atoms with E-state index in [9.17, 15) is 14.7 Å². The highest BCUT2D eigenvalue weighted by molar-refractivity contribution is 6.11. The molecule has 2 aromatic carbocycles. The molecular formula is C24H26N2O5. The first-order valence-corrected chi connectivity index (χ1v) is 10.4. The number of carbonyl (C=O) groups excluding carboxylic acids is 2. The molecule has 1 aliphatic heterocycles. The predicted octanol–water partition coefficient (Wildman–Crippen LogP) is 4.02. The first kappa shape index (κ1) is 20.8. The number of carbonyl (C=O) groups is 2. The average Bonchev–Trinajstić information content (AvgIpc) is 2.91. The van der Waals surface area contributed by atoms with E-state index in [1.807, 2.05) is 38.1 Å². The largest absolute Gasteiger partial charge is 0.504 e. The lowest BCUT2D eigenvalue weighted by Crippen LogP contribution is -2.39. The molecule has 0 radical (unpaired) electrons. The van der Waals surface area contributed by atoms with E-state index in [1.54, 1.807) is 18.2 Å². The van der Waals surface area contributed by atoms with Crippen LogP contribution in [0.5, 0.6) is 11.5 Å². The van der Waals surface area contributed by atoms with Crippen LogP contribution in [-0.4, -0.2) is 30.6 Å². The van der Waals surface area contributed by atoms with Gasteiger partial charge in [-0.2, -0.15) is 0 Å². The van der Waals surface area contributed by atoms with E-state index in [0.717, 1.165) is 22.6 Å². The minimum absolute atomic E-state index is 0.0305. The van der Waals surface area contributed by atoms with Crippen LogP contribution >= 0.6 is 0 Å². The summed E-state index contributed by atoms with van der Waals surface area (Å²) >= 11 is 0. The molecule has 2 aromatic rings. The number of hydrogen-bond acceptors (Lipinski definition) is 7. The molecule has 0 spiro atoms. The van der Waals surface area contributed by atoms with Gasteiger partial charge >= 0.3 is 5.97 Å². The summed E-state index contributed by atoms with van der Waals surface area (Å²) in [4.78, 5) is 26.1. The number of rotatable bonds is 4. The zero-order chi connectivity index (χ0) is 22.1. The predicted molar refractivity (Wildman–Crippen MR) is 117 cm³/mol. The van der Waals surface area contributed by atoms with Gasteiger partial charge < -0.3 is 25.2 Å². The maximum Gasteiger partial charge on any atom is 0.316 e. The molecule has 7 nitrogen and oxygen atoms in total. The van der Waals surface area contributed by atoms with Crippen LogP contribution in [0.25, 0.3) is 0 Å². The van der Waals surface area contributed by atoms with E-state index >= 15 is 0 Å². The Kier molecular flexibility index (Phi) is 5.59. The van der Waals surface area contributed by atoms with Gasteiger partial charge in [-0.1, -0.05) is 25.1 Å². The van der Waals surface area contributed by atoms with Gasteiger partial charge in [0, 0.05) is 11.3 Å². The van der Waals surface area contributed by atoms with Crippen molar-refractivity contribution in [2.45, 2.75) is 26.3 Å². The van der Waals surface area contributed by atoms with Crippen LogP contribution in [0.4, 0.5) is 11.4 Å². The van der Waals surface area contributed by atoms with E-state index in [4.69, 9.17) is 9.47 Å². The maximum absolute atomic E-state index is 13.6. The van der Waals surface area contributed by atoms with Gasteiger partial charge in [0.15, 0.2) is 17.3 Å². The lowest BCUT2D eigenvalue weighted by atomic mass is 9.75. The minimum Gasteiger partial charge on any atom is -0.504 e. The topological polar surface area (TPSA) is 96.9 Å². The van der Waals surface area contributed by atoms with Gasteiger partial charge in [-0.15, -0.1) is 0 Å². The fourth-order valence-electron chi connectivity index (χ4n) is 4.37. The van der Waals surface area contributed by atoms with E-state index < -0.39 is 17.9 Å². The molecule has 0 bridgehead atoms. The van der Waals surface area contributed by atoms with Crippen LogP contribution in [0.3, 0.4) is 0 Å². The molecule has 0 fully saturated rings. The van der Waals surface area contributed by atoms with Crippen LogP contribution in [0.1, 0.15) is 31.9 Å². The molecule has 0 saturated heterocycles. The monoisotopic (exact) mass is 422 g/mol. The summed E-state index contributed by atoms with van der Waals surface area (Å²) in [5, 5.41) is 17.0. The smallest absolute Gasteiger partial charge is 0.316 e. The molecule has 1 aliphatic carbocycles. The van der Waals surface area contributed by atoms with Crippen molar-refractivity contribution in [1.82, 2.24) is 0 Å². The van der Waals surface area contributed by atoms with Gasteiger partial charge in [-0.05, 0) is 49.1 Å². The Hall–Kier alpha value is -3.48. The lowest BCUT2D eigenvalue weighted by Gasteiger charge is -2.32. The minimum atomic E-state index is -0.862. The fourth-order valence-corrected chi connectivity index (χ4v) is 4.37. The number of hydrogen-bond donors (Lipinski definition) is 3. The number of benzene rings is 2. The Labute approximate surface area is 181 Å². The number of methoxy groups -OCH3 is 1. The second-order valence-corrected chi connectivity index (χ2v) is 7.85. The number of ketones is 1. The van der Waals surface area contributed by atoms with Crippen LogP contribution in [-0.2, 0) is 14.3 Å². The Morgan fingerprint density at radius 1 is 1.19 bits per heavy atom. The quantitative estimate of drug-likeness (QED) is 0.506. The zero-order valence-electron chi connectivity index (χ0n) is 17.8. The molecule has 1 heterocycles. The number of phenols is 1. The SMILES string of the molecule is CCOc1cc([C@@H]2Nc3ccccc3NC3=C2C(=O)[C@@H](C(=O)OC)[C@@H](C)C3)ccc1O. The lowest BCUT2D eigenvalue weighted by molar-refractivity contribution is -0.151. The third-order valence-corrected chi connectivity index (χ3v) is 5.84.